The Bertz CT molecular complexity index is 849. The van der Waals surface area contributed by atoms with E-state index in [-0.39, 0.29) is 5.41 Å². The van der Waals surface area contributed by atoms with Crippen molar-refractivity contribution in [2.45, 2.75) is 33.1 Å². The molecule has 0 unspecified atom stereocenters. The average molecular weight is 314 g/mol. The van der Waals surface area contributed by atoms with Gasteiger partial charge >= 0.3 is 0 Å². The van der Waals surface area contributed by atoms with Crippen molar-refractivity contribution in [1.29, 1.82) is 0 Å². The maximum atomic E-state index is 5.45. The van der Waals surface area contributed by atoms with E-state index < -0.39 is 0 Å². The van der Waals surface area contributed by atoms with E-state index in [1.165, 1.54) is 21.6 Å². The lowest BCUT2D eigenvalue weighted by molar-refractivity contribution is 0.590. The lowest BCUT2D eigenvalue weighted by Gasteiger charge is -2.19. The highest BCUT2D eigenvalue weighted by atomic mass is 32.1. The van der Waals surface area contributed by atoms with Crippen molar-refractivity contribution in [3.8, 4) is 11.1 Å². The Labute approximate surface area is 133 Å². The second-order valence-electron chi connectivity index (χ2n) is 6.27. The van der Waals surface area contributed by atoms with Gasteiger partial charge in [-0.15, -0.1) is 11.3 Å². The number of aromatic nitrogens is 2. The van der Waals surface area contributed by atoms with Gasteiger partial charge in [0.15, 0.2) is 0 Å². The Kier molecular flexibility index (Phi) is 3.46. The lowest BCUT2D eigenvalue weighted by Crippen LogP contribution is -2.10. The molecule has 0 radical (unpaired) electrons. The highest BCUT2D eigenvalue weighted by Crippen LogP contribution is 2.38. The molecular formula is C17H18N2S2. The summed E-state index contributed by atoms with van der Waals surface area (Å²) >= 11 is 7.15. The van der Waals surface area contributed by atoms with Gasteiger partial charge in [-0.1, -0.05) is 57.3 Å². The van der Waals surface area contributed by atoms with E-state index in [2.05, 4.69) is 61.9 Å². The van der Waals surface area contributed by atoms with Crippen molar-refractivity contribution < 1.29 is 0 Å². The van der Waals surface area contributed by atoms with Gasteiger partial charge in [-0.3, -0.25) is 0 Å². The van der Waals surface area contributed by atoms with Gasteiger partial charge in [-0.05, 0) is 23.5 Å². The first-order valence-electron chi connectivity index (χ1n) is 6.95. The van der Waals surface area contributed by atoms with Crippen LogP contribution in [0.5, 0.6) is 0 Å². The molecule has 0 spiro atoms. The second kappa shape index (κ2) is 5.04. The van der Waals surface area contributed by atoms with Crippen LogP contribution in [0.4, 0.5) is 0 Å². The fourth-order valence-corrected chi connectivity index (χ4v) is 3.88. The molecule has 0 amide bonds. The maximum absolute atomic E-state index is 5.45. The van der Waals surface area contributed by atoms with Crippen LogP contribution in [0.15, 0.2) is 30.6 Å². The molecule has 2 aromatic heterocycles. The fourth-order valence-electron chi connectivity index (χ4n) is 2.54. The van der Waals surface area contributed by atoms with Crippen LogP contribution >= 0.6 is 23.6 Å². The van der Waals surface area contributed by atoms with Crippen molar-refractivity contribution in [2.75, 3.05) is 0 Å². The topological polar surface area (TPSA) is 28.7 Å². The summed E-state index contributed by atoms with van der Waals surface area (Å²) in [5.74, 6) is 0. The third kappa shape index (κ3) is 2.54. The van der Waals surface area contributed by atoms with Gasteiger partial charge in [-0.2, -0.15) is 0 Å². The molecular weight excluding hydrogens is 296 g/mol. The third-order valence-electron chi connectivity index (χ3n) is 3.71. The van der Waals surface area contributed by atoms with Gasteiger partial charge in [0.25, 0.3) is 0 Å². The van der Waals surface area contributed by atoms with Crippen molar-refractivity contribution >= 4 is 33.8 Å². The fraction of sp³-hybridized carbons (Fsp3) is 0.294. The Balaban J connectivity index is 2.21. The first kappa shape index (κ1) is 14.4. The van der Waals surface area contributed by atoms with Crippen LogP contribution in [0.1, 0.15) is 31.2 Å². The molecule has 21 heavy (non-hydrogen) atoms. The zero-order valence-electron chi connectivity index (χ0n) is 12.7. The SMILES string of the molecule is Cc1sc2nc[nH]c(=S)c2c1-c1ccc(C(C)(C)C)cc1. The summed E-state index contributed by atoms with van der Waals surface area (Å²) in [7, 11) is 0. The Hall–Kier alpha value is -1.52. The molecule has 4 heteroatoms. The van der Waals surface area contributed by atoms with Crippen molar-refractivity contribution in [2.24, 2.45) is 0 Å². The molecule has 0 aliphatic heterocycles. The molecule has 0 saturated carbocycles. The zero-order valence-corrected chi connectivity index (χ0v) is 14.3. The van der Waals surface area contributed by atoms with Crippen LogP contribution in [0.25, 0.3) is 21.3 Å². The number of hydrogen-bond donors (Lipinski definition) is 1. The van der Waals surface area contributed by atoms with Gasteiger partial charge in [-0.25, -0.2) is 4.98 Å². The number of nitrogens with zero attached hydrogens (tertiary/aromatic N) is 1. The van der Waals surface area contributed by atoms with Crippen molar-refractivity contribution in [1.82, 2.24) is 9.97 Å². The Morgan fingerprint density at radius 3 is 2.43 bits per heavy atom. The van der Waals surface area contributed by atoms with Gasteiger partial charge in [0.05, 0.1) is 11.7 Å². The molecule has 0 fully saturated rings. The molecule has 0 aliphatic carbocycles. The van der Waals surface area contributed by atoms with Crippen LogP contribution in [-0.2, 0) is 5.41 Å². The number of fused-ring (bicyclic) bond motifs is 1. The standard InChI is InChI=1S/C17H18N2S2/c1-10-13(14-15(20)18-9-19-16(14)21-10)11-5-7-12(8-6-11)17(2,3)4/h5-9H,1-4H3,(H,18,19,20). The molecule has 1 aromatic carbocycles. The minimum absolute atomic E-state index is 0.169. The largest absolute Gasteiger partial charge is 0.337 e. The maximum Gasteiger partial charge on any atom is 0.128 e. The van der Waals surface area contributed by atoms with E-state index in [1.54, 1.807) is 17.7 Å². The minimum atomic E-state index is 0.169. The van der Waals surface area contributed by atoms with Gasteiger partial charge in [0.2, 0.25) is 0 Å². The van der Waals surface area contributed by atoms with Crippen LogP contribution < -0.4 is 0 Å². The number of aromatic amines is 1. The molecule has 0 atom stereocenters. The normalized spacial score (nSPS) is 12.0. The van der Waals surface area contributed by atoms with E-state index in [0.29, 0.717) is 0 Å². The second-order valence-corrected chi connectivity index (χ2v) is 7.88. The summed E-state index contributed by atoms with van der Waals surface area (Å²) in [5, 5.41) is 1.07. The summed E-state index contributed by atoms with van der Waals surface area (Å²) in [6.07, 6.45) is 1.67. The highest BCUT2D eigenvalue weighted by molar-refractivity contribution is 7.71. The highest BCUT2D eigenvalue weighted by Gasteiger charge is 2.16. The van der Waals surface area contributed by atoms with Gasteiger partial charge in [0.1, 0.15) is 9.47 Å². The zero-order chi connectivity index (χ0) is 15.2. The molecule has 108 valence electrons. The molecule has 2 nitrogen and oxygen atoms in total. The average Bonchev–Trinajstić information content (AvgIpc) is 2.75. The molecule has 2 heterocycles. The van der Waals surface area contributed by atoms with E-state index in [9.17, 15) is 0 Å². The van der Waals surface area contributed by atoms with E-state index in [4.69, 9.17) is 12.2 Å². The van der Waals surface area contributed by atoms with Gasteiger partial charge < -0.3 is 4.98 Å². The van der Waals surface area contributed by atoms with Crippen LogP contribution in [-0.4, -0.2) is 9.97 Å². The number of nitrogens with one attached hydrogen (secondary N) is 1. The van der Waals surface area contributed by atoms with E-state index >= 15 is 0 Å². The predicted octanol–water partition coefficient (Wildman–Crippen LogP) is 5.63. The number of hydrogen-bond acceptors (Lipinski definition) is 3. The van der Waals surface area contributed by atoms with Crippen molar-refractivity contribution in [3.05, 3.63) is 45.7 Å². The minimum Gasteiger partial charge on any atom is -0.337 e. The van der Waals surface area contributed by atoms with E-state index in [0.717, 1.165) is 14.9 Å². The first-order valence-corrected chi connectivity index (χ1v) is 8.18. The molecule has 0 aliphatic rings. The summed E-state index contributed by atoms with van der Waals surface area (Å²) in [6, 6.07) is 8.80. The molecule has 0 saturated heterocycles. The third-order valence-corrected chi connectivity index (χ3v) is 5.04. The molecule has 3 rings (SSSR count). The molecule has 1 N–H and O–H groups in total. The number of aryl methyl sites for hydroxylation is 1. The van der Waals surface area contributed by atoms with Crippen molar-refractivity contribution in [3.63, 3.8) is 0 Å². The Morgan fingerprint density at radius 2 is 1.81 bits per heavy atom. The van der Waals surface area contributed by atoms with Crippen LogP contribution in [0, 0.1) is 11.6 Å². The Morgan fingerprint density at radius 1 is 1.14 bits per heavy atom. The monoisotopic (exact) mass is 314 g/mol. The van der Waals surface area contributed by atoms with Crippen LogP contribution in [0.3, 0.4) is 0 Å². The number of rotatable bonds is 1. The van der Waals surface area contributed by atoms with Gasteiger partial charge in [0, 0.05) is 10.4 Å². The molecule has 0 bridgehead atoms. The summed E-state index contributed by atoms with van der Waals surface area (Å²) < 4.78 is 0.763. The lowest BCUT2D eigenvalue weighted by atomic mass is 9.86. The smallest absolute Gasteiger partial charge is 0.128 e. The number of benzene rings is 1. The number of thiophene rings is 1. The first-order chi connectivity index (χ1) is 9.88. The quantitative estimate of drug-likeness (QED) is 0.590. The summed E-state index contributed by atoms with van der Waals surface area (Å²) in [5.41, 5.74) is 3.93. The van der Waals surface area contributed by atoms with E-state index in [1.807, 2.05) is 0 Å². The predicted molar refractivity (Wildman–Crippen MR) is 93.7 cm³/mol. The summed E-state index contributed by atoms with van der Waals surface area (Å²) in [4.78, 5) is 9.71. The number of H-pyrrole nitrogens is 1. The summed E-state index contributed by atoms with van der Waals surface area (Å²) in [6.45, 7) is 8.82. The molecule has 3 aromatic rings. The van der Waals surface area contributed by atoms with Crippen LogP contribution in [0.2, 0.25) is 0 Å².